The zero-order valence-corrected chi connectivity index (χ0v) is 12.2. The normalized spacial score (nSPS) is 14.3. The molecule has 0 aromatic heterocycles. The molecule has 113 valence electrons. The fourth-order valence-corrected chi connectivity index (χ4v) is 2.23. The fourth-order valence-electron chi connectivity index (χ4n) is 2.11. The summed E-state index contributed by atoms with van der Waals surface area (Å²) in [5.74, 6) is 0.705. The third-order valence-corrected chi connectivity index (χ3v) is 3.83. The molecule has 4 nitrogen and oxygen atoms in total. The van der Waals surface area contributed by atoms with Crippen molar-refractivity contribution in [3.8, 4) is 22.6 Å². The molecule has 2 aromatic carbocycles. The van der Waals surface area contributed by atoms with Gasteiger partial charge in [0.1, 0.15) is 5.75 Å². The molecule has 2 aliphatic rings. The van der Waals surface area contributed by atoms with Gasteiger partial charge < -0.3 is 21.3 Å². The van der Waals surface area contributed by atoms with Crippen LogP contribution in [-0.2, 0) is 22.2 Å². The monoisotopic (exact) mass is 330 g/mol. The van der Waals surface area contributed by atoms with Crippen LogP contribution in [0.4, 0.5) is 11.4 Å². The van der Waals surface area contributed by atoms with E-state index in [4.69, 9.17) is 31.8 Å². The summed E-state index contributed by atoms with van der Waals surface area (Å²) in [6.45, 7) is 0.310. The van der Waals surface area contributed by atoms with E-state index in [0.29, 0.717) is 23.7 Å². The number of phenols is 1. The Balaban J connectivity index is 0.000000287. The quantitative estimate of drug-likeness (QED) is 0.300. The Kier molecular flexibility index (Phi) is 3.62. The first kappa shape index (κ1) is 14.0. The van der Waals surface area contributed by atoms with Gasteiger partial charge in [-0.05, 0) is 17.3 Å². The molecule has 5 N–H and O–H groups in total. The number of nitrogens with two attached hydrogens (primary N) is 2. The summed E-state index contributed by atoms with van der Waals surface area (Å²) >= 11 is 4.77. The van der Waals surface area contributed by atoms with Gasteiger partial charge in [-0.15, -0.1) is 0 Å². The van der Waals surface area contributed by atoms with E-state index in [0.717, 1.165) is 16.7 Å². The average molecular weight is 331 g/mol. The molecule has 0 spiro atoms. The van der Waals surface area contributed by atoms with Crippen molar-refractivity contribution in [1.29, 1.82) is 0 Å². The number of nitrogen functional groups attached to an aromatic ring is 2. The summed E-state index contributed by atoms with van der Waals surface area (Å²) in [7, 11) is 0. The second-order valence-corrected chi connectivity index (χ2v) is 5.58. The van der Waals surface area contributed by atoms with Crippen LogP contribution in [-0.4, -0.2) is 9.52 Å². The standard InChI is InChI=1S/C13H11N2O2.C3H4.Cu/c14-10-3-1-2-8-7-4-5-11(16)12(15)9(7)6-17-13(8)10;1-2-3-1;/h1-2,4-5,16H,6,14-15H2;1-2H2;/q-1;;. The molecular weight excluding hydrogens is 316 g/mol. The van der Waals surface area contributed by atoms with Gasteiger partial charge in [-0.3, -0.25) is 0 Å². The molecule has 0 amide bonds. The van der Waals surface area contributed by atoms with E-state index < -0.39 is 0 Å². The predicted octanol–water partition coefficient (Wildman–Crippen LogP) is 2.42. The van der Waals surface area contributed by atoms with Crippen molar-refractivity contribution in [2.75, 3.05) is 11.5 Å². The predicted molar refractivity (Wildman–Crippen MR) is 79.8 cm³/mol. The molecule has 5 heteroatoms. The molecule has 1 aliphatic carbocycles. The van der Waals surface area contributed by atoms with Gasteiger partial charge >= 0.3 is 32.8 Å². The molecule has 0 saturated heterocycles. The zero-order chi connectivity index (χ0) is 15.0. The maximum atomic E-state index is 9.57. The minimum atomic E-state index is 0.0752. The van der Waals surface area contributed by atoms with Crippen LogP contribution >= 0.6 is 0 Å². The molecule has 4 rings (SSSR count). The third-order valence-electron chi connectivity index (χ3n) is 3.36. The second-order valence-electron chi connectivity index (χ2n) is 4.91. The van der Waals surface area contributed by atoms with Crippen molar-refractivity contribution < 1.29 is 25.4 Å². The number of aromatic hydroxyl groups is 1. The van der Waals surface area contributed by atoms with Gasteiger partial charge in [-0.25, -0.2) is 0 Å². The second kappa shape index (κ2) is 5.43. The Morgan fingerprint density at radius 1 is 1.14 bits per heavy atom. The van der Waals surface area contributed by atoms with Crippen LogP contribution in [0.5, 0.6) is 11.5 Å². The van der Waals surface area contributed by atoms with Crippen LogP contribution in [0.1, 0.15) is 18.4 Å². The SMILES string of the molecule is Nc1[c-]ccc2c1OCc1c-2ccc(O)c1N.[Cu]=[C]1CC1. The van der Waals surface area contributed by atoms with Crippen molar-refractivity contribution in [3.63, 3.8) is 0 Å². The summed E-state index contributed by atoms with van der Waals surface area (Å²) in [6.07, 6.45) is 2.42. The molecule has 2 aromatic rings. The summed E-state index contributed by atoms with van der Waals surface area (Å²) < 4.78 is 6.80. The molecule has 21 heavy (non-hydrogen) atoms. The van der Waals surface area contributed by atoms with Gasteiger partial charge in [0.15, 0.2) is 0 Å². The molecule has 0 atom stereocenters. The van der Waals surface area contributed by atoms with E-state index in [2.05, 4.69) is 6.07 Å². The van der Waals surface area contributed by atoms with Crippen LogP contribution in [0.15, 0.2) is 24.3 Å². The number of fused-ring (bicyclic) bond motifs is 3. The van der Waals surface area contributed by atoms with Crippen molar-refractivity contribution in [2.45, 2.75) is 19.4 Å². The molecule has 1 aliphatic heterocycles. The molecule has 0 radical (unpaired) electrons. The Labute approximate surface area is 131 Å². The number of hydrogen-bond acceptors (Lipinski definition) is 4. The van der Waals surface area contributed by atoms with Gasteiger partial charge in [0.2, 0.25) is 0 Å². The molecule has 1 saturated carbocycles. The van der Waals surface area contributed by atoms with Crippen molar-refractivity contribution in [3.05, 3.63) is 35.9 Å². The van der Waals surface area contributed by atoms with Crippen LogP contribution in [0, 0.1) is 6.07 Å². The molecular formula is C16H15CuN2O2-. The van der Waals surface area contributed by atoms with E-state index in [1.807, 2.05) is 12.1 Å². The number of rotatable bonds is 0. The minimum absolute atomic E-state index is 0.0752. The summed E-state index contributed by atoms with van der Waals surface area (Å²) in [4.78, 5) is 0. The average Bonchev–Trinajstić information content (AvgIpc) is 3.26. The molecule has 1 heterocycles. The molecule has 0 bridgehead atoms. The molecule has 0 unspecified atom stereocenters. The van der Waals surface area contributed by atoms with Gasteiger partial charge in [0.05, 0.1) is 12.3 Å². The van der Waals surface area contributed by atoms with Gasteiger partial charge in [-0.1, -0.05) is 11.6 Å². The van der Waals surface area contributed by atoms with E-state index >= 15 is 0 Å². The number of phenolic OH excluding ortho intramolecular Hbond substituents is 1. The van der Waals surface area contributed by atoms with Crippen LogP contribution in [0.25, 0.3) is 11.1 Å². The van der Waals surface area contributed by atoms with Gasteiger partial charge in [0, 0.05) is 11.3 Å². The van der Waals surface area contributed by atoms with E-state index in [1.165, 1.54) is 17.3 Å². The Morgan fingerprint density at radius 2 is 1.86 bits per heavy atom. The first-order chi connectivity index (χ1) is 10.1. The van der Waals surface area contributed by atoms with Crippen LogP contribution < -0.4 is 16.2 Å². The summed E-state index contributed by atoms with van der Waals surface area (Å²) in [5, 5.41) is 9.57. The first-order valence-corrected chi connectivity index (χ1v) is 7.05. The van der Waals surface area contributed by atoms with Crippen LogP contribution in [0.3, 0.4) is 0 Å². The van der Waals surface area contributed by atoms with Crippen molar-refractivity contribution in [1.82, 2.24) is 0 Å². The number of hydrogen-bond donors (Lipinski definition) is 3. The number of benzene rings is 2. The Hall–Kier alpha value is -1.97. The van der Waals surface area contributed by atoms with Crippen LogP contribution in [0.2, 0.25) is 0 Å². The number of ether oxygens (including phenoxy) is 1. The Morgan fingerprint density at radius 3 is 2.52 bits per heavy atom. The van der Waals surface area contributed by atoms with Gasteiger partial charge in [-0.2, -0.15) is 18.2 Å². The van der Waals surface area contributed by atoms with E-state index in [-0.39, 0.29) is 5.75 Å². The maximum absolute atomic E-state index is 9.57. The summed E-state index contributed by atoms with van der Waals surface area (Å²) in [5.41, 5.74) is 15.1. The summed E-state index contributed by atoms with van der Waals surface area (Å²) in [6, 6.07) is 9.91. The van der Waals surface area contributed by atoms with Crippen molar-refractivity contribution >= 4 is 15.8 Å². The fraction of sp³-hybridized carbons (Fsp3) is 0.188. The van der Waals surface area contributed by atoms with Crippen molar-refractivity contribution in [2.24, 2.45) is 0 Å². The molecule has 1 fully saturated rings. The zero-order valence-electron chi connectivity index (χ0n) is 11.2. The third kappa shape index (κ3) is 2.75. The van der Waals surface area contributed by atoms with E-state index in [1.54, 1.807) is 12.1 Å². The number of anilines is 2. The first-order valence-electron chi connectivity index (χ1n) is 6.58. The van der Waals surface area contributed by atoms with Gasteiger partial charge in [0.25, 0.3) is 0 Å². The van der Waals surface area contributed by atoms with E-state index in [9.17, 15) is 5.11 Å². The Bertz CT molecular complexity index is 722. The topological polar surface area (TPSA) is 81.5 Å².